The summed E-state index contributed by atoms with van der Waals surface area (Å²) in [6.07, 6.45) is 3.94. The van der Waals surface area contributed by atoms with E-state index in [0.717, 1.165) is 5.69 Å². The molecule has 0 aliphatic carbocycles. The van der Waals surface area contributed by atoms with Gasteiger partial charge in [0, 0.05) is 30.2 Å². The van der Waals surface area contributed by atoms with E-state index in [2.05, 4.69) is 41.4 Å². The summed E-state index contributed by atoms with van der Waals surface area (Å²) in [5.41, 5.74) is 4.07. The average molecular weight is 347 g/mol. The van der Waals surface area contributed by atoms with Gasteiger partial charge in [0.2, 0.25) is 0 Å². The van der Waals surface area contributed by atoms with E-state index in [1.807, 2.05) is 67.5 Å². The number of hydrogen-bond donors (Lipinski definition) is 1. The molecule has 3 rings (SSSR count). The zero-order chi connectivity index (χ0) is 18.5. The van der Waals surface area contributed by atoms with Crippen molar-refractivity contribution < 1.29 is 4.79 Å². The zero-order valence-corrected chi connectivity index (χ0v) is 15.5. The lowest BCUT2D eigenvalue weighted by molar-refractivity contribution is 0.0942. The van der Waals surface area contributed by atoms with Gasteiger partial charge in [0.15, 0.2) is 0 Å². The van der Waals surface area contributed by atoms with Gasteiger partial charge in [0.1, 0.15) is 0 Å². The van der Waals surface area contributed by atoms with Crippen molar-refractivity contribution in [2.75, 3.05) is 20.6 Å². The van der Waals surface area contributed by atoms with Crippen molar-refractivity contribution >= 4 is 5.91 Å². The maximum Gasteiger partial charge on any atom is 0.251 e. The highest BCUT2D eigenvalue weighted by Crippen LogP contribution is 2.18. The highest BCUT2D eigenvalue weighted by Gasteiger charge is 2.16. The molecule has 1 amide bonds. The molecule has 0 saturated carbocycles. The number of benzene rings is 2. The van der Waals surface area contributed by atoms with Gasteiger partial charge < -0.3 is 14.8 Å². The summed E-state index contributed by atoms with van der Waals surface area (Å²) in [4.78, 5) is 14.8. The van der Waals surface area contributed by atoms with E-state index in [9.17, 15) is 4.79 Å². The summed E-state index contributed by atoms with van der Waals surface area (Å²) in [6.45, 7) is 2.64. The number of aromatic nitrogens is 1. The van der Waals surface area contributed by atoms with E-state index in [1.165, 1.54) is 11.1 Å². The van der Waals surface area contributed by atoms with E-state index in [-0.39, 0.29) is 11.9 Å². The molecule has 1 N–H and O–H groups in total. The van der Waals surface area contributed by atoms with Gasteiger partial charge >= 0.3 is 0 Å². The molecule has 0 radical (unpaired) electrons. The Kier molecular flexibility index (Phi) is 5.54. The number of aryl methyl sites for hydroxylation is 1. The number of carbonyl (C=O) groups is 1. The van der Waals surface area contributed by atoms with Crippen LogP contribution in [0.5, 0.6) is 0 Å². The molecule has 0 saturated heterocycles. The van der Waals surface area contributed by atoms with E-state index >= 15 is 0 Å². The Morgan fingerprint density at radius 1 is 1.04 bits per heavy atom. The van der Waals surface area contributed by atoms with Crippen molar-refractivity contribution in [2.45, 2.75) is 13.0 Å². The topological polar surface area (TPSA) is 37.3 Å². The Morgan fingerprint density at radius 3 is 2.38 bits per heavy atom. The van der Waals surface area contributed by atoms with E-state index in [1.54, 1.807) is 0 Å². The molecule has 0 aliphatic heterocycles. The number of likely N-dealkylation sites (N-methyl/N-ethyl adjacent to an activating group) is 1. The summed E-state index contributed by atoms with van der Waals surface area (Å²) < 4.78 is 1.99. The van der Waals surface area contributed by atoms with Crippen molar-refractivity contribution in [3.8, 4) is 5.69 Å². The number of nitrogens with zero attached hydrogens (tertiary/aromatic N) is 2. The average Bonchev–Trinajstić information content (AvgIpc) is 3.18. The van der Waals surface area contributed by atoms with Gasteiger partial charge in [0.25, 0.3) is 5.91 Å². The fourth-order valence-corrected chi connectivity index (χ4v) is 2.99. The van der Waals surface area contributed by atoms with E-state index in [0.29, 0.717) is 12.1 Å². The molecular weight excluding hydrogens is 322 g/mol. The third kappa shape index (κ3) is 4.21. The van der Waals surface area contributed by atoms with Gasteiger partial charge in [-0.3, -0.25) is 4.79 Å². The van der Waals surface area contributed by atoms with Crippen molar-refractivity contribution in [3.63, 3.8) is 0 Å². The van der Waals surface area contributed by atoms with Crippen molar-refractivity contribution in [1.82, 2.24) is 14.8 Å². The third-order valence-corrected chi connectivity index (χ3v) is 4.55. The summed E-state index contributed by atoms with van der Waals surface area (Å²) in [6, 6.07) is 20.2. The van der Waals surface area contributed by atoms with Crippen molar-refractivity contribution in [3.05, 3.63) is 89.7 Å². The van der Waals surface area contributed by atoms with Gasteiger partial charge in [-0.1, -0.05) is 35.9 Å². The van der Waals surface area contributed by atoms with Crippen LogP contribution in [0.4, 0.5) is 0 Å². The first-order valence-electron chi connectivity index (χ1n) is 8.79. The molecule has 0 bridgehead atoms. The first kappa shape index (κ1) is 18.0. The van der Waals surface area contributed by atoms with Crippen LogP contribution in [0, 0.1) is 6.92 Å². The molecule has 1 unspecified atom stereocenters. The molecule has 3 aromatic rings. The van der Waals surface area contributed by atoms with Crippen LogP contribution in [-0.4, -0.2) is 36.0 Å². The van der Waals surface area contributed by atoms with Crippen LogP contribution < -0.4 is 5.32 Å². The molecule has 1 heterocycles. The quantitative estimate of drug-likeness (QED) is 0.736. The molecule has 26 heavy (non-hydrogen) atoms. The fraction of sp³-hybridized carbons (Fsp3) is 0.227. The lowest BCUT2D eigenvalue weighted by Crippen LogP contribution is -2.34. The molecule has 1 atom stereocenters. The summed E-state index contributed by atoms with van der Waals surface area (Å²) in [5.74, 6) is -0.0574. The largest absolute Gasteiger partial charge is 0.350 e. The second kappa shape index (κ2) is 8.02. The molecule has 4 nitrogen and oxygen atoms in total. The molecule has 4 heteroatoms. The van der Waals surface area contributed by atoms with E-state index in [4.69, 9.17) is 0 Å². The summed E-state index contributed by atoms with van der Waals surface area (Å²) >= 11 is 0. The lowest BCUT2D eigenvalue weighted by atomic mass is 10.0. The Hall–Kier alpha value is -2.85. The maximum absolute atomic E-state index is 12.6. The number of nitrogens with one attached hydrogen (secondary N) is 1. The normalized spacial score (nSPS) is 12.2. The second-order valence-corrected chi connectivity index (χ2v) is 6.74. The molecular formula is C22H25N3O. The van der Waals surface area contributed by atoms with Crippen molar-refractivity contribution in [2.24, 2.45) is 0 Å². The zero-order valence-electron chi connectivity index (χ0n) is 15.5. The Morgan fingerprint density at radius 2 is 1.73 bits per heavy atom. The van der Waals surface area contributed by atoms with Crippen LogP contribution in [0.25, 0.3) is 5.69 Å². The predicted molar refractivity (Wildman–Crippen MR) is 106 cm³/mol. The molecule has 2 aromatic carbocycles. The SMILES string of the molecule is Cc1ccc(C(CNC(=O)c2cccc(-n3cccc3)c2)N(C)C)cc1. The minimum absolute atomic E-state index is 0.0574. The monoisotopic (exact) mass is 347 g/mol. The molecule has 0 spiro atoms. The predicted octanol–water partition coefficient (Wildman–Crippen LogP) is 3.82. The lowest BCUT2D eigenvalue weighted by Gasteiger charge is -2.25. The highest BCUT2D eigenvalue weighted by atomic mass is 16.1. The van der Waals surface area contributed by atoms with Crippen LogP contribution >= 0.6 is 0 Å². The van der Waals surface area contributed by atoms with Gasteiger partial charge in [-0.05, 0) is 56.9 Å². The number of hydrogen-bond acceptors (Lipinski definition) is 2. The van der Waals surface area contributed by atoms with Crippen LogP contribution in [-0.2, 0) is 0 Å². The molecule has 134 valence electrons. The minimum Gasteiger partial charge on any atom is -0.350 e. The van der Waals surface area contributed by atoms with Gasteiger partial charge in [-0.25, -0.2) is 0 Å². The fourth-order valence-electron chi connectivity index (χ4n) is 2.99. The second-order valence-electron chi connectivity index (χ2n) is 6.74. The van der Waals surface area contributed by atoms with Gasteiger partial charge in [0.05, 0.1) is 6.04 Å². The molecule has 0 fully saturated rings. The third-order valence-electron chi connectivity index (χ3n) is 4.55. The minimum atomic E-state index is -0.0574. The van der Waals surface area contributed by atoms with Crippen molar-refractivity contribution in [1.29, 1.82) is 0 Å². The van der Waals surface area contributed by atoms with Crippen LogP contribution in [0.15, 0.2) is 73.1 Å². The number of rotatable bonds is 6. The Labute approximate surface area is 155 Å². The summed E-state index contributed by atoms with van der Waals surface area (Å²) in [7, 11) is 4.06. The maximum atomic E-state index is 12.6. The van der Waals surface area contributed by atoms with Crippen LogP contribution in [0.3, 0.4) is 0 Å². The Bertz CT molecular complexity index is 851. The first-order valence-corrected chi connectivity index (χ1v) is 8.79. The van der Waals surface area contributed by atoms with Gasteiger partial charge in [-0.2, -0.15) is 0 Å². The van der Waals surface area contributed by atoms with Gasteiger partial charge in [-0.15, -0.1) is 0 Å². The number of amides is 1. The smallest absolute Gasteiger partial charge is 0.251 e. The van der Waals surface area contributed by atoms with E-state index < -0.39 is 0 Å². The molecule has 0 aliphatic rings. The highest BCUT2D eigenvalue weighted by molar-refractivity contribution is 5.94. The van der Waals surface area contributed by atoms with Crippen LogP contribution in [0.2, 0.25) is 0 Å². The summed E-state index contributed by atoms with van der Waals surface area (Å²) in [5, 5.41) is 3.08. The van der Waals surface area contributed by atoms with Crippen LogP contribution in [0.1, 0.15) is 27.5 Å². The first-order chi connectivity index (χ1) is 12.5. The Balaban J connectivity index is 1.71. The standard InChI is InChI=1S/C22H25N3O/c1-17-9-11-18(12-10-17)21(24(2)3)16-23-22(26)19-7-6-8-20(15-19)25-13-4-5-14-25/h4-15,21H,16H2,1-3H3,(H,23,26). The number of carbonyl (C=O) groups excluding carboxylic acids is 1. The molecule has 1 aromatic heterocycles.